The summed E-state index contributed by atoms with van der Waals surface area (Å²) in [5, 5.41) is 6.82. The minimum absolute atomic E-state index is 0.0834. The first-order valence-electron chi connectivity index (χ1n) is 6.88. The number of aromatic nitrogens is 2. The third-order valence-corrected chi connectivity index (χ3v) is 3.88. The molecule has 5 nitrogen and oxygen atoms in total. The molecule has 2 N–H and O–H groups in total. The highest BCUT2D eigenvalue weighted by Gasteiger charge is 2.02. The van der Waals surface area contributed by atoms with E-state index >= 15 is 0 Å². The molecular weight excluding hydrogens is 272 g/mol. The highest BCUT2D eigenvalue weighted by atomic mass is 32.2. The molecule has 0 aliphatic heterocycles. The minimum atomic E-state index is -0.0834. The maximum absolute atomic E-state index is 11.5. The number of nitrogens with zero attached hydrogens (tertiary/aromatic N) is 2. The maximum Gasteiger partial charge on any atom is 0.314 e. The van der Waals surface area contributed by atoms with Crippen molar-refractivity contribution in [3.63, 3.8) is 0 Å². The Morgan fingerprint density at radius 1 is 1.35 bits per heavy atom. The zero-order valence-electron chi connectivity index (χ0n) is 11.6. The third-order valence-electron chi connectivity index (χ3n) is 2.84. The largest absolute Gasteiger partial charge is 0.338 e. The third kappa shape index (κ3) is 4.16. The van der Waals surface area contributed by atoms with Gasteiger partial charge in [-0.25, -0.2) is 9.78 Å². The van der Waals surface area contributed by atoms with Crippen LogP contribution in [0.15, 0.2) is 35.6 Å². The van der Waals surface area contributed by atoms with Crippen molar-refractivity contribution in [1.82, 2.24) is 20.0 Å². The first-order chi connectivity index (χ1) is 9.81. The second kappa shape index (κ2) is 7.79. The standard InChI is InChI=1S/C14H20N4OS/c1-2-3-7-16-14(19)17-9-11-20-13-6-4-5-12-15-8-10-18(12)13/h4-6,8,10H,2-3,7,9,11H2,1H3,(H2,16,17,19). The number of carbonyl (C=O) groups excluding carboxylic acids is 1. The number of hydrogen-bond donors (Lipinski definition) is 2. The molecular formula is C14H20N4OS. The predicted octanol–water partition coefficient (Wildman–Crippen LogP) is 2.53. The Kier molecular flexibility index (Phi) is 5.73. The van der Waals surface area contributed by atoms with Crippen LogP contribution in [0.1, 0.15) is 19.8 Å². The zero-order valence-corrected chi connectivity index (χ0v) is 12.4. The molecule has 0 aliphatic rings. The molecule has 0 unspecified atom stereocenters. The van der Waals surface area contributed by atoms with Gasteiger partial charge in [0, 0.05) is 31.2 Å². The lowest BCUT2D eigenvalue weighted by molar-refractivity contribution is 0.241. The molecule has 0 bridgehead atoms. The topological polar surface area (TPSA) is 58.4 Å². The molecule has 6 heteroatoms. The van der Waals surface area contributed by atoms with Crippen molar-refractivity contribution in [3.8, 4) is 0 Å². The molecule has 2 amide bonds. The van der Waals surface area contributed by atoms with Crippen molar-refractivity contribution < 1.29 is 4.79 Å². The summed E-state index contributed by atoms with van der Waals surface area (Å²) >= 11 is 1.71. The molecule has 0 atom stereocenters. The van der Waals surface area contributed by atoms with E-state index in [9.17, 15) is 4.79 Å². The molecule has 0 saturated carbocycles. The number of urea groups is 1. The van der Waals surface area contributed by atoms with E-state index in [4.69, 9.17) is 0 Å². The Hall–Kier alpha value is -1.69. The fraction of sp³-hybridized carbons (Fsp3) is 0.429. The Bertz CT molecular complexity index is 555. The van der Waals surface area contributed by atoms with Gasteiger partial charge in [0.1, 0.15) is 5.65 Å². The van der Waals surface area contributed by atoms with Gasteiger partial charge in [-0.1, -0.05) is 19.4 Å². The molecule has 2 aromatic rings. The van der Waals surface area contributed by atoms with Gasteiger partial charge < -0.3 is 10.6 Å². The summed E-state index contributed by atoms with van der Waals surface area (Å²) in [6, 6.07) is 5.94. The molecule has 0 aliphatic carbocycles. The second-order valence-corrected chi connectivity index (χ2v) is 5.52. The van der Waals surface area contributed by atoms with E-state index in [1.807, 2.05) is 22.7 Å². The number of fused-ring (bicyclic) bond motifs is 1. The van der Waals surface area contributed by atoms with Crippen LogP contribution < -0.4 is 10.6 Å². The summed E-state index contributed by atoms with van der Waals surface area (Å²) in [7, 11) is 0. The van der Waals surface area contributed by atoms with Gasteiger partial charge in [-0.2, -0.15) is 0 Å². The van der Waals surface area contributed by atoms with Crippen LogP contribution in [0.4, 0.5) is 4.79 Å². The number of amides is 2. The van der Waals surface area contributed by atoms with Crippen LogP contribution in [0.25, 0.3) is 5.65 Å². The average molecular weight is 292 g/mol. The molecule has 0 aromatic carbocycles. The Labute approximate surface area is 123 Å². The molecule has 20 heavy (non-hydrogen) atoms. The summed E-state index contributed by atoms with van der Waals surface area (Å²) < 4.78 is 2.05. The quantitative estimate of drug-likeness (QED) is 0.609. The molecule has 2 aromatic heterocycles. The van der Waals surface area contributed by atoms with Crippen molar-refractivity contribution >= 4 is 23.4 Å². The van der Waals surface area contributed by atoms with Crippen LogP contribution in [0, 0.1) is 0 Å². The van der Waals surface area contributed by atoms with Crippen LogP contribution in [-0.2, 0) is 0 Å². The van der Waals surface area contributed by atoms with E-state index < -0.39 is 0 Å². The number of imidazole rings is 1. The molecule has 108 valence electrons. The predicted molar refractivity (Wildman–Crippen MR) is 82.2 cm³/mol. The molecule has 0 fully saturated rings. The van der Waals surface area contributed by atoms with E-state index in [-0.39, 0.29) is 6.03 Å². The van der Waals surface area contributed by atoms with E-state index in [1.54, 1.807) is 18.0 Å². The number of hydrogen-bond acceptors (Lipinski definition) is 3. The number of carbonyl (C=O) groups is 1. The highest BCUT2D eigenvalue weighted by Crippen LogP contribution is 2.18. The smallest absolute Gasteiger partial charge is 0.314 e. The fourth-order valence-corrected chi connectivity index (χ4v) is 2.68. The molecule has 2 heterocycles. The van der Waals surface area contributed by atoms with Crippen LogP contribution in [0.5, 0.6) is 0 Å². The van der Waals surface area contributed by atoms with Crippen molar-refractivity contribution in [2.45, 2.75) is 24.8 Å². The minimum Gasteiger partial charge on any atom is -0.338 e. The lowest BCUT2D eigenvalue weighted by Crippen LogP contribution is -2.37. The molecule has 0 spiro atoms. The summed E-state index contributed by atoms with van der Waals surface area (Å²) in [5.74, 6) is 0.832. The van der Waals surface area contributed by atoms with Gasteiger partial charge in [0.25, 0.3) is 0 Å². The Balaban J connectivity index is 1.71. The van der Waals surface area contributed by atoms with Crippen LogP contribution in [-0.4, -0.2) is 34.3 Å². The van der Waals surface area contributed by atoms with Gasteiger partial charge in [-0.05, 0) is 18.6 Å². The molecule has 2 rings (SSSR count). The highest BCUT2D eigenvalue weighted by molar-refractivity contribution is 7.99. The van der Waals surface area contributed by atoms with Gasteiger partial charge in [-0.15, -0.1) is 11.8 Å². The van der Waals surface area contributed by atoms with Crippen molar-refractivity contribution in [1.29, 1.82) is 0 Å². The first-order valence-corrected chi connectivity index (χ1v) is 7.86. The number of pyridine rings is 1. The van der Waals surface area contributed by atoms with Crippen molar-refractivity contribution in [2.24, 2.45) is 0 Å². The van der Waals surface area contributed by atoms with E-state index in [1.165, 1.54) is 0 Å². The Morgan fingerprint density at radius 2 is 2.20 bits per heavy atom. The van der Waals surface area contributed by atoms with Crippen molar-refractivity contribution in [2.75, 3.05) is 18.8 Å². The SMILES string of the molecule is CCCCNC(=O)NCCSc1cccc2nccn12. The summed E-state index contributed by atoms with van der Waals surface area (Å²) in [6.45, 7) is 3.49. The normalized spacial score (nSPS) is 10.7. The van der Waals surface area contributed by atoms with Gasteiger partial charge in [0.15, 0.2) is 0 Å². The number of thioether (sulfide) groups is 1. The lowest BCUT2D eigenvalue weighted by Gasteiger charge is -2.08. The number of nitrogens with one attached hydrogen (secondary N) is 2. The van der Waals surface area contributed by atoms with E-state index in [2.05, 4.69) is 28.6 Å². The van der Waals surface area contributed by atoms with Gasteiger partial charge in [0.2, 0.25) is 0 Å². The van der Waals surface area contributed by atoms with Gasteiger partial charge in [0.05, 0.1) is 5.03 Å². The summed E-state index contributed by atoms with van der Waals surface area (Å²) in [6.07, 6.45) is 5.84. The number of rotatable bonds is 7. The van der Waals surface area contributed by atoms with E-state index in [0.717, 1.165) is 35.8 Å². The zero-order chi connectivity index (χ0) is 14.2. The first kappa shape index (κ1) is 14.7. The average Bonchev–Trinajstić information content (AvgIpc) is 2.93. The van der Waals surface area contributed by atoms with Gasteiger partial charge in [-0.3, -0.25) is 4.40 Å². The number of unbranched alkanes of at least 4 members (excludes halogenated alkanes) is 1. The molecule has 0 saturated heterocycles. The van der Waals surface area contributed by atoms with E-state index in [0.29, 0.717) is 6.54 Å². The van der Waals surface area contributed by atoms with Crippen LogP contribution in [0.3, 0.4) is 0 Å². The Morgan fingerprint density at radius 3 is 3.05 bits per heavy atom. The second-order valence-electron chi connectivity index (χ2n) is 4.40. The van der Waals surface area contributed by atoms with Gasteiger partial charge >= 0.3 is 6.03 Å². The molecule has 0 radical (unpaired) electrons. The van der Waals surface area contributed by atoms with Crippen molar-refractivity contribution in [3.05, 3.63) is 30.6 Å². The monoisotopic (exact) mass is 292 g/mol. The maximum atomic E-state index is 11.5. The summed E-state index contributed by atoms with van der Waals surface area (Å²) in [4.78, 5) is 15.7. The van der Waals surface area contributed by atoms with Crippen LogP contribution >= 0.6 is 11.8 Å². The van der Waals surface area contributed by atoms with Crippen LogP contribution in [0.2, 0.25) is 0 Å². The lowest BCUT2D eigenvalue weighted by atomic mass is 10.3. The fourth-order valence-electron chi connectivity index (χ4n) is 1.80. The summed E-state index contributed by atoms with van der Waals surface area (Å²) in [5.41, 5.74) is 0.945.